The molecule has 1 aromatic heterocycles. The summed E-state index contributed by atoms with van der Waals surface area (Å²) in [5.41, 5.74) is 0.589. The van der Waals surface area contributed by atoms with Crippen LogP contribution in [0.25, 0.3) is 0 Å². The Morgan fingerprint density at radius 2 is 2.06 bits per heavy atom. The molecule has 3 N–H and O–H groups in total. The summed E-state index contributed by atoms with van der Waals surface area (Å²) in [6, 6.07) is 3.45. The van der Waals surface area contributed by atoms with Gasteiger partial charge in [0.25, 0.3) is 10.0 Å². The summed E-state index contributed by atoms with van der Waals surface area (Å²) in [7, 11) is -3.76. The predicted molar refractivity (Wildman–Crippen MR) is 60.7 cm³/mol. The second-order valence-corrected chi connectivity index (χ2v) is 5.09. The van der Waals surface area contributed by atoms with Crippen molar-refractivity contribution in [3.05, 3.63) is 18.3 Å². The highest BCUT2D eigenvalue weighted by Gasteiger charge is 2.20. The lowest BCUT2D eigenvalue weighted by Crippen LogP contribution is -2.44. The molecule has 0 aromatic carbocycles. The van der Waals surface area contributed by atoms with Gasteiger partial charge in [-0.3, -0.25) is 0 Å². The second-order valence-electron chi connectivity index (χ2n) is 3.61. The number of nitrogens with two attached hydrogens (primary N) is 1. The number of piperazine rings is 1. The maximum atomic E-state index is 11.4. The minimum Gasteiger partial charge on any atom is -0.367 e. The van der Waals surface area contributed by atoms with Crippen LogP contribution in [0, 0.1) is 0 Å². The monoisotopic (exact) mass is 242 g/mol. The van der Waals surface area contributed by atoms with E-state index in [2.05, 4.69) is 10.3 Å². The van der Waals surface area contributed by atoms with Crippen molar-refractivity contribution < 1.29 is 8.42 Å². The van der Waals surface area contributed by atoms with E-state index in [4.69, 9.17) is 5.14 Å². The van der Waals surface area contributed by atoms with Gasteiger partial charge in [0, 0.05) is 32.4 Å². The number of aromatic nitrogens is 1. The highest BCUT2D eigenvalue weighted by molar-refractivity contribution is 7.89. The molecule has 7 heteroatoms. The molecule has 0 unspecified atom stereocenters. The van der Waals surface area contributed by atoms with Crippen LogP contribution < -0.4 is 15.4 Å². The zero-order chi connectivity index (χ0) is 11.6. The molecule has 0 aliphatic carbocycles. The zero-order valence-corrected chi connectivity index (χ0v) is 9.57. The van der Waals surface area contributed by atoms with E-state index in [1.807, 2.05) is 4.90 Å². The number of primary sulfonamides is 1. The summed E-state index contributed by atoms with van der Waals surface area (Å²) in [5.74, 6) is 0. The van der Waals surface area contributed by atoms with Crippen molar-refractivity contribution in [2.75, 3.05) is 31.1 Å². The molecule has 88 valence electrons. The molecule has 2 heterocycles. The summed E-state index contributed by atoms with van der Waals surface area (Å²) >= 11 is 0. The molecule has 1 aliphatic rings. The van der Waals surface area contributed by atoms with Crippen LogP contribution in [0.3, 0.4) is 0 Å². The summed E-state index contributed by atoms with van der Waals surface area (Å²) in [4.78, 5) is 5.83. The molecular weight excluding hydrogens is 228 g/mol. The van der Waals surface area contributed by atoms with Crippen molar-refractivity contribution >= 4 is 15.7 Å². The lowest BCUT2D eigenvalue weighted by atomic mass is 10.3. The number of nitrogens with one attached hydrogen (secondary N) is 1. The predicted octanol–water partition coefficient (Wildman–Crippen LogP) is -0.861. The van der Waals surface area contributed by atoms with E-state index in [9.17, 15) is 8.42 Å². The maximum absolute atomic E-state index is 11.4. The molecular formula is C9H14N4O2S. The van der Waals surface area contributed by atoms with Crippen molar-refractivity contribution in [1.82, 2.24) is 10.3 Å². The Morgan fingerprint density at radius 3 is 2.69 bits per heavy atom. The van der Waals surface area contributed by atoms with Crippen molar-refractivity contribution in [2.24, 2.45) is 5.14 Å². The normalized spacial score (nSPS) is 17.4. The molecule has 0 amide bonds. The van der Waals surface area contributed by atoms with E-state index in [1.165, 1.54) is 6.20 Å². The van der Waals surface area contributed by atoms with Crippen LogP contribution in [0.1, 0.15) is 0 Å². The molecule has 0 saturated carbocycles. The van der Waals surface area contributed by atoms with Crippen molar-refractivity contribution in [1.29, 1.82) is 0 Å². The van der Waals surface area contributed by atoms with Gasteiger partial charge in [0.2, 0.25) is 0 Å². The molecule has 0 bridgehead atoms. The number of hydrogen-bond acceptors (Lipinski definition) is 5. The van der Waals surface area contributed by atoms with E-state index in [0.29, 0.717) is 5.69 Å². The van der Waals surface area contributed by atoms with Gasteiger partial charge >= 0.3 is 0 Å². The van der Waals surface area contributed by atoms with Crippen LogP contribution in [-0.4, -0.2) is 39.6 Å². The molecule has 0 atom stereocenters. The van der Waals surface area contributed by atoms with E-state index in [0.717, 1.165) is 26.2 Å². The third-order valence-corrected chi connectivity index (χ3v) is 3.33. The highest BCUT2D eigenvalue weighted by Crippen LogP contribution is 2.21. The van der Waals surface area contributed by atoms with Crippen LogP contribution in [-0.2, 0) is 10.0 Å². The highest BCUT2D eigenvalue weighted by atomic mass is 32.2. The lowest BCUT2D eigenvalue weighted by molar-refractivity contribution is 0.576. The Labute approximate surface area is 94.5 Å². The first kappa shape index (κ1) is 11.3. The lowest BCUT2D eigenvalue weighted by Gasteiger charge is -2.30. The Bertz CT molecular complexity index is 468. The van der Waals surface area contributed by atoms with Gasteiger partial charge in [0.05, 0.1) is 5.69 Å². The molecule has 1 aliphatic heterocycles. The van der Waals surface area contributed by atoms with E-state index >= 15 is 0 Å². The summed E-state index contributed by atoms with van der Waals surface area (Å²) in [6.45, 7) is 3.18. The average molecular weight is 242 g/mol. The number of nitrogens with zero attached hydrogens (tertiary/aromatic N) is 2. The van der Waals surface area contributed by atoms with E-state index in [-0.39, 0.29) is 5.03 Å². The third kappa shape index (κ3) is 2.31. The first-order valence-corrected chi connectivity index (χ1v) is 6.57. The first-order valence-electron chi connectivity index (χ1n) is 5.02. The molecule has 0 radical (unpaired) electrons. The van der Waals surface area contributed by atoms with Gasteiger partial charge in [-0.25, -0.2) is 18.5 Å². The SMILES string of the molecule is NS(=O)(=O)c1ncccc1N1CCNCC1. The van der Waals surface area contributed by atoms with E-state index < -0.39 is 10.0 Å². The molecule has 1 fully saturated rings. The quantitative estimate of drug-likeness (QED) is 0.704. The Morgan fingerprint density at radius 1 is 1.38 bits per heavy atom. The second kappa shape index (κ2) is 4.36. The first-order chi connectivity index (χ1) is 7.59. The van der Waals surface area contributed by atoms with Crippen molar-refractivity contribution in [3.8, 4) is 0 Å². The van der Waals surface area contributed by atoms with Crippen molar-refractivity contribution in [2.45, 2.75) is 5.03 Å². The van der Waals surface area contributed by atoms with Crippen LogP contribution in [0.4, 0.5) is 5.69 Å². The summed E-state index contributed by atoms with van der Waals surface area (Å²) in [5, 5.41) is 8.29. The van der Waals surface area contributed by atoms with Crippen LogP contribution in [0.5, 0.6) is 0 Å². The van der Waals surface area contributed by atoms with Crippen molar-refractivity contribution in [3.63, 3.8) is 0 Å². The molecule has 2 rings (SSSR count). The summed E-state index contributed by atoms with van der Waals surface area (Å²) in [6.07, 6.45) is 1.44. The topological polar surface area (TPSA) is 88.3 Å². The van der Waals surface area contributed by atoms with Crippen LogP contribution in [0.2, 0.25) is 0 Å². The van der Waals surface area contributed by atoms with Gasteiger partial charge in [0.1, 0.15) is 0 Å². The number of pyridine rings is 1. The number of anilines is 1. The minimum absolute atomic E-state index is 0.0445. The van der Waals surface area contributed by atoms with Gasteiger partial charge in [-0.1, -0.05) is 0 Å². The third-order valence-electron chi connectivity index (χ3n) is 2.48. The fourth-order valence-corrected chi connectivity index (χ4v) is 2.44. The number of rotatable bonds is 2. The molecule has 1 aromatic rings. The standard InChI is InChI=1S/C9H14N4O2S/c10-16(14,15)9-8(2-1-3-12-9)13-6-4-11-5-7-13/h1-3,11H,4-7H2,(H2,10,14,15). The molecule has 6 nitrogen and oxygen atoms in total. The fraction of sp³-hybridized carbons (Fsp3) is 0.444. The Kier molecular flexibility index (Phi) is 3.08. The molecule has 1 saturated heterocycles. The van der Waals surface area contributed by atoms with Gasteiger partial charge < -0.3 is 10.2 Å². The van der Waals surface area contributed by atoms with Gasteiger partial charge in [0.15, 0.2) is 5.03 Å². The number of sulfonamides is 1. The number of hydrogen-bond donors (Lipinski definition) is 2. The Hall–Kier alpha value is -1.18. The van der Waals surface area contributed by atoms with Gasteiger partial charge in [-0.2, -0.15) is 0 Å². The van der Waals surface area contributed by atoms with Gasteiger partial charge in [-0.15, -0.1) is 0 Å². The molecule has 0 spiro atoms. The van der Waals surface area contributed by atoms with E-state index in [1.54, 1.807) is 12.1 Å². The Balaban J connectivity index is 2.40. The molecule has 16 heavy (non-hydrogen) atoms. The van der Waals surface area contributed by atoms with Gasteiger partial charge in [-0.05, 0) is 12.1 Å². The maximum Gasteiger partial charge on any atom is 0.257 e. The smallest absolute Gasteiger partial charge is 0.257 e. The minimum atomic E-state index is -3.76. The zero-order valence-electron chi connectivity index (χ0n) is 8.76. The van der Waals surface area contributed by atoms with Crippen LogP contribution in [0.15, 0.2) is 23.4 Å². The average Bonchev–Trinajstić information content (AvgIpc) is 2.29. The fourth-order valence-electron chi connectivity index (χ4n) is 1.75. The largest absolute Gasteiger partial charge is 0.367 e. The van der Waals surface area contributed by atoms with Crippen LogP contribution >= 0.6 is 0 Å². The summed E-state index contributed by atoms with van der Waals surface area (Å²) < 4.78 is 22.7.